The molecule has 3 aromatic heterocycles. The summed E-state index contributed by atoms with van der Waals surface area (Å²) in [4.78, 5) is 23.9. The first-order valence-electron chi connectivity index (χ1n) is 9.66. The number of carbonyl (C=O) groups excluding carboxylic acids is 1. The Labute approximate surface area is 163 Å². The number of carbonyl (C=O) groups is 1. The van der Waals surface area contributed by atoms with Crippen molar-refractivity contribution in [2.24, 2.45) is 0 Å². The van der Waals surface area contributed by atoms with Crippen molar-refractivity contribution >= 4 is 5.91 Å². The molecule has 146 valence electrons. The van der Waals surface area contributed by atoms with Crippen LogP contribution >= 0.6 is 0 Å². The zero-order chi connectivity index (χ0) is 19.5. The topological polar surface area (TPSA) is 89.9 Å². The van der Waals surface area contributed by atoms with Crippen LogP contribution in [0.15, 0.2) is 35.2 Å². The number of nitrogens with zero attached hydrogens (tertiary/aromatic N) is 6. The highest BCUT2D eigenvalue weighted by Crippen LogP contribution is 2.33. The lowest BCUT2D eigenvalue weighted by molar-refractivity contribution is -0.132. The summed E-state index contributed by atoms with van der Waals surface area (Å²) in [6, 6.07) is 3.80. The highest BCUT2D eigenvalue weighted by molar-refractivity contribution is 5.77. The van der Waals surface area contributed by atoms with Crippen molar-refractivity contribution in [2.45, 2.75) is 52.1 Å². The number of aryl methyl sites for hydroxylation is 3. The molecule has 1 saturated heterocycles. The molecule has 1 aliphatic rings. The zero-order valence-corrected chi connectivity index (χ0v) is 16.2. The quantitative estimate of drug-likeness (QED) is 0.653. The molecule has 0 spiro atoms. The summed E-state index contributed by atoms with van der Waals surface area (Å²) in [5, 5.41) is 8.17. The van der Waals surface area contributed by atoms with Gasteiger partial charge in [0.1, 0.15) is 5.76 Å². The fraction of sp³-hybridized carbons (Fsp3) is 0.450. The van der Waals surface area contributed by atoms with E-state index >= 15 is 0 Å². The standard InChI is InChI=1S/C20H24N6O2/c1-14-19(15(2)28-24-14)20-21-10-8-16(23-20)17-6-3-13-26(17)18(27)7-4-11-25-12-5-9-22-25/h5,8-10,12,17H,3-4,6-7,11,13H2,1-2H3. The highest BCUT2D eigenvalue weighted by atomic mass is 16.5. The van der Waals surface area contributed by atoms with Gasteiger partial charge in [-0.2, -0.15) is 5.10 Å². The summed E-state index contributed by atoms with van der Waals surface area (Å²) in [6.45, 7) is 5.26. The lowest BCUT2D eigenvalue weighted by Gasteiger charge is -2.24. The second kappa shape index (κ2) is 7.92. The lowest BCUT2D eigenvalue weighted by atomic mass is 10.1. The van der Waals surface area contributed by atoms with Crippen LogP contribution in [-0.4, -0.2) is 42.3 Å². The molecule has 1 atom stereocenters. The van der Waals surface area contributed by atoms with Gasteiger partial charge in [-0.3, -0.25) is 9.48 Å². The zero-order valence-electron chi connectivity index (χ0n) is 16.2. The van der Waals surface area contributed by atoms with Gasteiger partial charge in [0.25, 0.3) is 0 Å². The molecular formula is C20H24N6O2. The third-order valence-electron chi connectivity index (χ3n) is 5.19. The summed E-state index contributed by atoms with van der Waals surface area (Å²) in [5.41, 5.74) is 2.48. The van der Waals surface area contributed by atoms with Crippen LogP contribution in [0.25, 0.3) is 11.4 Å². The van der Waals surface area contributed by atoms with Gasteiger partial charge in [0.15, 0.2) is 5.82 Å². The minimum atomic E-state index is -0.000532. The first kappa shape index (κ1) is 18.3. The average Bonchev–Trinajstić information content (AvgIpc) is 3.43. The molecule has 0 bridgehead atoms. The Morgan fingerprint density at radius 1 is 1.32 bits per heavy atom. The number of hydrogen-bond donors (Lipinski definition) is 0. The fourth-order valence-corrected chi connectivity index (χ4v) is 3.82. The van der Waals surface area contributed by atoms with E-state index in [4.69, 9.17) is 9.51 Å². The molecule has 0 aromatic carbocycles. The van der Waals surface area contributed by atoms with Gasteiger partial charge in [0, 0.05) is 38.1 Å². The fourth-order valence-electron chi connectivity index (χ4n) is 3.82. The second-order valence-corrected chi connectivity index (χ2v) is 7.12. The Kier molecular flexibility index (Phi) is 5.18. The van der Waals surface area contributed by atoms with Crippen LogP contribution in [0.3, 0.4) is 0 Å². The van der Waals surface area contributed by atoms with Crippen LogP contribution < -0.4 is 0 Å². The number of amides is 1. The Bertz CT molecular complexity index is 930. The minimum absolute atomic E-state index is 0.000532. The Hall–Kier alpha value is -3.03. The van der Waals surface area contributed by atoms with Gasteiger partial charge < -0.3 is 9.42 Å². The number of aromatic nitrogens is 5. The maximum atomic E-state index is 12.8. The molecule has 28 heavy (non-hydrogen) atoms. The normalized spacial score (nSPS) is 16.6. The maximum absolute atomic E-state index is 12.8. The molecule has 0 N–H and O–H groups in total. The van der Waals surface area contributed by atoms with E-state index < -0.39 is 0 Å². The molecule has 0 aliphatic carbocycles. The van der Waals surface area contributed by atoms with Crippen LogP contribution in [0.5, 0.6) is 0 Å². The van der Waals surface area contributed by atoms with Crippen LogP contribution in [-0.2, 0) is 11.3 Å². The van der Waals surface area contributed by atoms with Crippen molar-refractivity contribution in [1.82, 2.24) is 29.8 Å². The minimum Gasteiger partial charge on any atom is -0.361 e. The SMILES string of the molecule is Cc1noc(C)c1-c1nccc(C2CCCN2C(=O)CCCn2cccn2)n1. The third-order valence-corrected chi connectivity index (χ3v) is 5.19. The first-order chi connectivity index (χ1) is 13.6. The Morgan fingerprint density at radius 2 is 2.21 bits per heavy atom. The second-order valence-electron chi connectivity index (χ2n) is 7.12. The van der Waals surface area contributed by atoms with Gasteiger partial charge >= 0.3 is 0 Å². The van der Waals surface area contributed by atoms with Crippen LogP contribution in [0, 0.1) is 13.8 Å². The molecule has 1 fully saturated rings. The molecule has 0 saturated carbocycles. The lowest BCUT2D eigenvalue weighted by Crippen LogP contribution is -2.31. The highest BCUT2D eigenvalue weighted by Gasteiger charge is 2.31. The molecule has 3 aromatic rings. The summed E-state index contributed by atoms with van der Waals surface area (Å²) >= 11 is 0. The number of rotatable bonds is 6. The van der Waals surface area contributed by atoms with E-state index in [9.17, 15) is 4.79 Å². The smallest absolute Gasteiger partial charge is 0.223 e. The third kappa shape index (κ3) is 3.67. The number of hydrogen-bond acceptors (Lipinski definition) is 6. The predicted octanol–water partition coefficient (Wildman–Crippen LogP) is 3.09. The van der Waals surface area contributed by atoms with Crippen molar-refractivity contribution < 1.29 is 9.32 Å². The molecule has 1 amide bonds. The monoisotopic (exact) mass is 380 g/mol. The van der Waals surface area contributed by atoms with Crippen molar-refractivity contribution in [3.63, 3.8) is 0 Å². The first-order valence-corrected chi connectivity index (χ1v) is 9.66. The van der Waals surface area contributed by atoms with E-state index in [-0.39, 0.29) is 11.9 Å². The summed E-state index contributed by atoms with van der Waals surface area (Å²) in [6.07, 6.45) is 8.62. The van der Waals surface area contributed by atoms with E-state index in [1.165, 1.54) is 0 Å². The number of likely N-dealkylation sites (tertiary alicyclic amines) is 1. The van der Waals surface area contributed by atoms with Gasteiger partial charge in [-0.25, -0.2) is 9.97 Å². The predicted molar refractivity (Wildman–Crippen MR) is 102 cm³/mol. The summed E-state index contributed by atoms with van der Waals surface area (Å²) in [5.74, 6) is 1.48. The van der Waals surface area contributed by atoms with Crippen LogP contribution in [0.1, 0.15) is 48.9 Å². The van der Waals surface area contributed by atoms with Crippen LogP contribution in [0.4, 0.5) is 0 Å². The largest absolute Gasteiger partial charge is 0.361 e. The molecular weight excluding hydrogens is 356 g/mol. The van der Waals surface area contributed by atoms with E-state index in [2.05, 4.69) is 15.2 Å². The van der Waals surface area contributed by atoms with E-state index in [0.717, 1.165) is 49.3 Å². The molecule has 1 unspecified atom stereocenters. The molecule has 1 aliphatic heterocycles. The van der Waals surface area contributed by atoms with Gasteiger partial charge in [0.2, 0.25) is 5.91 Å². The molecule has 8 heteroatoms. The van der Waals surface area contributed by atoms with Crippen molar-refractivity contribution in [1.29, 1.82) is 0 Å². The Morgan fingerprint density at radius 3 is 2.96 bits per heavy atom. The van der Waals surface area contributed by atoms with Crippen LogP contribution in [0.2, 0.25) is 0 Å². The molecule has 4 rings (SSSR count). The summed E-state index contributed by atoms with van der Waals surface area (Å²) in [7, 11) is 0. The van der Waals surface area contributed by atoms with Gasteiger partial charge in [-0.15, -0.1) is 0 Å². The average molecular weight is 380 g/mol. The van der Waals surface area contributed by atoms with E-state index in [0.29, 0.717) is 18.0 Å². The van der Waals surface area contributed by atoms with Gasteiger partial charge in [-0.05, 0) is 45.2 Å². The molecule has 4 heterocycles. The summed E-state index contributed by atoms with van der Waals surface area (Å²) < 4.78 is 7.10. The maximum Gasteiger partial charge on any atom is 0.223 e. The Balaban J connectivity index is 1.47. The molecule has 8 nitrogen and oxygen atoms in total. The van der Waals surface area contributed by atoms with Gasteiger partial charge in [0.05, 0.1) is 23.0 Å². The van der Waals surface area contributed by atoms with Gasteiger partial charge in [-0.1, -0.05) is 5.16 Å². The van der Waals surface area contributed by atoms with Crippen molar-refractivity contribution in [3.05, 3.63) is 47.9 Å². The van der Waals surface area contributed by atoms with E-state index in [1.54, 1.807) is 12.4 Å². The van der Waals surface area contributed by atoms with Crippen molar-refractivity contribution in [2.75, 3.05) is 6.54 Å². The van der Waals surface area contributed by atoms with Crippen molar-refractivity contribution in [3.8, 4) is 11.4 Å². The van der Waals surface area contributed by atoms with E-state index in [1.807, 2.05) is 41.8 Å². The molecule has 0 radical (unpaired) electrons.